The molecule has 0 saturated carbocycles. The topological polar surface area (TPSA) is 34.2 Å². The third-order valence-corrected chi connectivity index (χ3v) is 3.46. The Bertz CT molecular complexity index is 306. The van der Waals surface area contributed by atoms with Gasteiger partial charge in [-0.15, -0.1) is 0 Å². The van der Waals surface area contributed by atoms with Gasteiger partial charge in [-0.1, -0.05) is 6.42 Å². The summed E-state index contributed by atoms with van der Waals surface area (Å²) in [7, 11) is 2.23. The highest BCUT2D eigenvalue weighted by Crippen LogP contribution is 2.17. The summed E-state index contributed by atoms with van der Waals surface area (Å²) in [6.07, 6.45) is 6.18. The molecule has 1 fully saturated rings. The molecule has 84 valence electrons. The summed E-state index contributed by atoms with van der Waals surface area (Å²) in [4.78, 5) is 2.48. The van der Waals surface area contributed by atoms with Crippen LogP contribution in [0.3, 0.4) is 0 Å². The van der Waals surface area contributed by atoms with Crippen LogP contribution >= 0.6 is 0 Å². The van der Waals surface area contributed by atoms with E-state index in [9.17, 15) is 0 Å². The zero-order valence-electron chi connectivity index (χ0n) is 9.52. The second kappa shape index (κ2) is 4.81. The van der Waals surface area contributed by atoms with Crippen molar-refractivity contribution in [3.05, 3.63) is 24.0 Å². The van der Waals surface area contributed by atoms with Crippen molar-refractivity contribution in [1.29, 1.82) is 0 Å². The van der Waals surface area contributed by atoms with Crippen molar-refractivity contribution >= 4 is 0 Å². The fourth-order valence-electron chi connectivity index (χ4n) is 2.41. The van der Waals surface area contributed by atoms with E-state index >= 15 is 0 Å². The lowest BCUT2D eigenvalue weighted by molar-refractivity contribution is 0.166. The smallest absolute Gasteiger partial charge is 0.0378 e. The Morgan fingerprint density at radius 1 is 1.47 bits per heavy atom. The molecule has 3 heteroatoms. The van der Waals surface area contributed by atoms with Gasteiger partial charge < -0.3 is 15.2 Å². The van der Waals surface area contributed by atoms with E-state index < -0.39 is 0 Å². The molecule has 2 N–H and O–H groups in total. The van der Waals surface area contributed by atoms with E-state index in [0.29, 0.717) is 12.6 Å². The molecule has 0 bridgehead atoms. The van der Waals surface area contributed by atoms with Crippen LogP contribution in [0.25, 0.3) is 0 Å². The van der Waals surface area contributed by atoms with Gasteiger partial charge in [0, 0.05) is 31.0 Å². The minimum atomic E-state index is 0.642. The fraction of sp³-hybridized carbons (Fsp3) is 0.667. The molecule has 1 aromatic rings. The summed E-state index contributed by atoms with van der Waals surface area (Å²) in [6.45, 7) is 2.98. The lowest BCUT2D eigenvalue weighted by atomic mass is 10.0. The Hall–Kier alpha value is -0.800. The summed E-state index contributed by atoms with van der Waals surface area (Å²) in [6, 6.07) is 4.89. The van der Waals surface area contributed by atoms with Crippen LogP contribution in [-0.4, -0.2) is 29.1 Å². The zero-order valence-corrected chi connectivity index (χ0v) is 9.52. The molecule has 1 saturated heterocycles. The van der Waals surface area contributed by atoms with E-state index in [2.05, 4.69) is 34.8 Å². The average Bonchev–Trinajstić information content (AvgIpc) is 2.69. The first-order valence-corrected chi connectivity index (χ1v) is 5.85. The minimum absolute atomic E-state index is 0.642. The van der Waals surface area contributed by atoms with Crippen LogP contribution in [0.4, 0.5) is 0 Å². The van der Waals surface area contributed by atoms with E-state index in [4.69, 9.17) is 5.73 Å². The van der Waals surface area contributed by atoms with Gasteiger partial charge in [0.1, 0.15) is 0 Å². The Kier molecular flexibility index (Phi) is 3.44. The number of rotatable bonds is 3. The van der Waals surface area contributed by atoms with Gasteiger partial charge in [-0.2, -0.15) is 0 Å². The van der Waals surface area contributed by atoms with Crippen molar-refractivity contribution in [1.82, 2.24) is 9.47 Å². The van der Waals surface area contributed by atoms with Crippen LogP contribution in [0.15, 0.2) is 18.3 Å². The Morgan fingerprint density at radius 2 is 2.33 bits per heavy atom. The highest BCUT2D eigenvalue weighted by Gasteiger charge is 2.19. The lowest BCUT2D eigenvalue weighted by Crippen LogP contribution is -2.39. The molecule has 1 atom stereocenters. The van der Waals surface area contributed by atoms with Gasteiger partial charge >= 0.3 is 0 Å². The van der Waals surface area contributed by atoms with Crippen molar-refractivity contribution in [3.63, 3.8) is 0 Å². The van der Waals surface area contributed by atoms with Gasteiger partial charge in [0.2, 0.25) is 0 Å². The molecule has 15 heavy (non-hydrogen) atoms. The number of nitrogens with zero attached hydrogens (tertiary/aromatic N) is 2. The molecule has 2 heterocycles. The number of hydrogen-bond acceptors (Lipinski definition) is 2. The number of nitrogens with two attached hydrogens (primary N) is 1. The van der Waals surface area contributed by atoms with Crippen LogP contribution in [-0.2, 0) is 13.1 Å². The fourth-order valence-corrected chi connectivity index (χ4v) is 2.41. The zero-order chi connectivity index (χ0) is 10.7. The predicted octanol–water partition coefficient (Wildman–Crippen LogP) is 1.43. The summed E-state index contributed by atoms with van der Waals surface area (Å²) >= 11 is 0. The Morgan fingerprint density at radius 3 is 3.07 bits per heavy atom. The largest absolute Gasteiger partial charge is 0.349 e. The molecule has 1 aliphatic rings. The lowest BCUT2D eigenvalue weighted by Gasteiger charge is -2.33. The van der Waals surface area contributed by atoms with E-state index in [1.807, 2.05) is 0 Å². The molecule has 0 aliphatic carbocycles. The average molecular weight is 207 g/mol. The van der Waals surface area contributed by atoms with Crippen LogP contribution in [0.2, 0.25) is 0 Å². The summed E-state index contributed by atoms with van der Waals surface area (Å²) in [5, 5.41) is 0. The number of likely N-dealkylation sites (tertiary alicyclic amines) is 1. The van der Waals surface area contributed by atoms with Gasteiger partial charge in [-0.25, -0.2) is 0 Å². The van der Waals surface area contributed by atoms with Crippen LogP contribution in [0.5, 0.6) is 0 Å². The third kappa shape index (κ3) is 2.41. The van der Waals surface area contributed by atoms with Crippen molar-refractivity contribution in [3.8, 4) is 0 Å². The standard InChI is InChI=1S/C12H21N3/c1-14-7-3-2-5-12(14)10-15-8-4-6-11(15)9-13/h4,6,8,12H,2-3,5,7,9-10,13H2,1H3. The summed E-state index contributed by atoms with van der Waals surface area (Å²) < 4.78 is 2.30. The first-order valence-electron chi connectivity index (χ1n) is 5.85. The number of piperidine rings is 1. The Balaban J connectivity index is 2.01. The molecule has 0 amide bonds. The highest BCUT2D eigenvalue weighted by molar-refractivity contribution is 5.07. The number of hydrogen-bond donors (Lipinski definition) is 1. The second-order valence-corrected chi connectivity index (χ2v) is 4.49. The van der Waals surface area contributed by atoms with E-state index in [0.717, 1.165) is 6.54 Å². The summed E-state index contributed by atoms with van der Waals surface area (Å²) in [5.41, 5.74) is 6.94. The van der Waals surface area contributed by atoms with Crippen LogP contribution in [0.1, 0.15) is 25.0 Å². The highest BCUT2D eigenvalue weighted by atomic mass is 15.2. The quantitative estimate of drug-likeness (QED) is 0.813. The maximum Gasteiger partial charge on any atom is 0.0378 e. The molecule has 3 nitrogen and oxygen atoms in total. The number of aromatic nitrogens is 1. The van der Waals surface area contributed by atoms with Crippen molar-refractivity contribution in [2.45, 2.75) is 38.4 Å². The normalized spacial score (nSPS) is 23.2. The van der Waals surface area contributed by atoms with E-state index in [1.54, 1.807) is 0 Å². The Labute approximate surface area is 91.9 Å². The molecule has 1 unspecified atom stereocenters. The van der Waals surface area contributed by atoms with Crippen molar-refractivity contribution in [2.24, 2.45) is 5.73 Å². The molecular formula is C12H21N3. The molecule has 1 aliphatic heterocycles. The van der Waals surface area contributed by atoms with Crippen LogP contribution in [0, 0.1) is 0 Å². The molecule has 1 aromatic heterocycles. The van der Waals surface area contributed by atoms with Gasteiger partial charge in [-0.3, -0.25) is 0 Å². The minimum Gasteiger partial charge on any atom is -0.349 e. The third-order valence-electron chi connectivity index (χ3n) is 3.46. The van der Waals surface area contributed by atoms with Gasteiger partial charge in [0.05, 0.1) is 0 Å². The molecule has 2 rings (SSSR count). The van der Waals surface area contributed by atoms with Gasteiger partial charge in [0.15, 0.2) is 0 Å². The number of likely N-dealkylation sites (N-methyl/N-ethyl adjacent to an activating group) is 1. The van der Waals surface area contributed by atoms with Gasteiger partial charge in [-0.05, 0) is 38.6 Å². The van der Waals surface area contributed by atoms with Crippen LogP contribution < -0.4 is 5.73 Å². The van der Waals surface area contributed by atoms with E-state index in [1.165, 1.54) is 31.5 Å². The summed E-state index contributed by atoms with van der Waals surface area (Å²) in [5.74, 6) is 0. The predicted molar refractivity (Wildman–Crippen MR) is 62.6 cm³/mol. The molecule has 0 aromatic carbocycles. The maximum absolute atomic E-state index is 5.70. The first kappa shape index (κ1) is 10.7. The van der Waals surface area contributed by atoms with Crippen molar-refractivity contribution in [2.75, 3.05) is 13.6 Å². The molecule has 0 spiro atoms. The van der Waals surface area contributed by atoms with Crippen molar-refractivity contribution < 1.29 is 0 Å². The first-order chi connectivity index (χ1) is 7.31. The SMILES string of the molecule is CN1CCCCC1Cn1cccc1CN. The van der Waals surface area contributed by atoms with Gasteiger partial charge in [0.25, 0.3) is 0 Å². The second-order valence-electron chi connectivity index (χ2n) is 4.49. The monoisotopic (exact) mass is 207 g/mol. The maximum atomic E-state index is 5.70. The van der Waals surface area contributed by atoms with E-state index in [-0.39, 0.29) is 0 Å². The molecule has 0 radical (unpaired) electrons. The molecular weight excluding hydrogens is 186 g/mol.